The highest BCUT2D eigenvalue weighted by Crippen LogP contribution is 2.36. The third kappa shape index (κ3) is 4.22. The van der Waals surface area contributed by atoms with Gasteiger partial charge in [-0.25, -0.2) is 13.2 Å². The number of nitrogens with one attached hydrogen (secondary N) is 1. The van der Waals surface area contributed by atoms with E-state index in [4.69, 9.17) is 0 Å². The highest BCUT2D eigenvalue weighted by atomic mass is 19.1. The summed E-state index contributed by atoms with van der Waals surface area (Å²) in [5.41, 5.74) is 4.25. The molecule has 2 N–H and O–H groups in total. The molecule has 0 aliphatic heterocycles. The summed E-state index contributed by atoms with van der Waals surface area (Å²) in [7, 11) is 0. The molecule has 6 heteroatoms. The maximum Gasteiger partial charge on any atom is 0.147 e. The van der Waals surface area contributed by atoms with Gasteiger partial charge in [-0.3, -0.25) is 4.98 Å². The predicted molar refractivity (Wildman–Crippen MR) is 123 cm³/mol. The van der Waals surface area contributed by atoms with E-state index in [1.54, 1.807) is 36.5 Å². The van der Waals surface area contributed by atoms with Gasteiger partial charge in [0.25, 0.3) is 0 Å². The number of aromatic nitrogens is 2. The number of benzene rings is 3. The number of aryl methyl sites for hydroxylation is 1. The van der Waals surface area contributed by atoms with Crippen LogP contribution in [0.2, 0.25) is 0 Å². The van der Waals surface area contributed by atoms with Gasteiger partial charge in [0.15, 0.2) is 0 Å². The molecule has 0 bridgehead atoms. The molecule has 3 nitrogen and oxygen atoms in total. The quantitative estimate of drug-likeness (QED) is 0.299. The standard InChI is InChI=1S/C27H21F3N2O/c28-18-8-4-16(5-9-18)21-12-13-23(30)27-26(21)22-15-31-20(14-24(22)32-27)2-1-3-25(33)17-6-10-19(29)11-7-17/h4-15,25,32-33H,1-3H2. The molecule has 5 rings (SSSR count). The van der Waals surface area contributed by atoms with E-state index in [9.17, 15) is 18.3 Å². The molecule has 1 unspecified atom stereocenters. The number of halogens is 3. The molecule has 0 radical (unpaired) electrons. The Balaban J connectivity index is 1.41. The topological polar surface area (TPSA) is 48.9 Å². The average molecular weight is 446 g/mol. The Labute approximate surface area is 188 Å². The van der Waals surface area contributed by atoms with Gasteiger partial charge >= 0.3 is 0 Å². The van der Waals surface area contributed by atoms with Crippen LogP contribution < -0.4 is 0 Å². The van der Waals surface area contributed by atoms with Gasteiger partial charge < -0.3 is 10.1 Å². The summed E-state index contributed by atoms with van der Waals surface area (Å²) in [6, 6.07) is 17.0. The van der Waals surface area contributed by atoms with Crippen molar-refractivity contribution < 1.29 is 18.3 Å². The molecule has 0 aliphatic carbocycles. The molecule has 0 saturated carbocycles. The van der Waals surface area contributed by atoms with E-state index in [-0.39, 0.29) is 17.5 Å². The lowest BCUT2D eigenvalue weighted by atomic mass is 9.99. The van der Waals surface area contributed by atoms with E-state index < -0.39 is 6.10 Å². The molecule has 2 heterocycles. The zero-order valence-corrected chi connectivity index (χ0v) is 17.7. The smallest absolute Gasteiger partial charge is 0.147 e. The van der Waals surface area contributed by atoms with Crippen LogP contribution in [-0.2, 0) is 6.42 Å². The summed E-state index contributed by atoms with van der Waals surface area (Å²) in [5, 5.41) is 11.8. The average Bonchev–Trinajstić information content (AvgIpc) is 3.20. The Bertz CT molecular complexity index is 1430. The predicted octanol–water partition coefficient (Wildman–Crippen LogP) is 6.86. The molecule has 166 valence electrons. The molecule has 3 aromatic carbocycles. The first kappa shape index (κ1) is 21.2. The fourth-order valence-corrected chi connectivity index (χ4v) is 4.25. The first-order valence-corrected chi connectivity index (χ1v) is 10.8. The number of nitrogens with zero attached hydrogens (tertiary/aromatic N) is 1. The number of aliphatic hydroxyl groups is 1. The molecule has 5 aromatic rings. The van der Waals surface area contributed by atoms with Crippen LogP contribution in [0.1, 0.15) is 30.2 Å². The van der Waals surface area contributed by atoms with Crippen LogP contribution >= 0.6 is 0 Å². The van der Waals surface area contributed by atoms with Crippen LogP contribution in [0.3, 0.4) is 0 Å². The van der Waals surface area contributed by atoms with Gasteiger partial charge in [-0.05, 0) is 72.4 Å². The Morgan fingerprint density at radius 1 is 0.879 bits per heavy atom. The largest absolute Gasteiger partial charge is 0.388 e. The fraction of sp³-hybridized carbons (Fsp3) is 0.148. The zero-order chi connectivity index (χ0) is 22.9. The Hall–Kier alpha value is -3.64. The minimum Gasteiger partial charge on any atom is -0.388 e. The van der Waals surface area contributed by atoms with Gasteiger partial charge in [0.1, 0.15) is 17.5 Å². The molecule has 0 aliphatic rings. The van der Waals surface area contributed by atoms with Crippen molar-refractivity contribution in [1.29, 1.82) is 0 Å². The first-order valence-electron chi connectivity index (χ1n) is 10.8. The number of H-pyrrole nitrogens is 1. The Morgan fingerprint density at radius 2 is 1.58 bits per heavy atom. The number of aliphatic hydroxyl groups excluding tert-OH is 1. The van der Waals surface area contributed by atoms with Gasteiger partial charge in [-0.15, -0.1) is 0 Å². The Kier molecular flexibility index (Phi) is 5.60. The lowest BCUT2D eigenvalue weighted by Gasteiger charge is -2.10. The molecule has 33 heavy (non-hydrogen) atoms. The van der Waals surface area contributed by atoms with Gasteiger partial charge in [-0.2, -0.15) is 0 Å². The van der Waals surface area contributed by atoms with Crippen molar-refractivity contribution in [1.82, 2.24) is 9.97 Å². The molecule has 1 atom stereocenters. The van der Waals surface area contributed by atoms with Crippen molar-refractivity contribution in [3.05, 3.63) is 102 Å². The van der Waals surface area contributed by atoms with Crippen molar-refractivity contribution in [3.63, 3.8) is 0 Å². The molecule has 2 aromatic heterocycles. The van der Waals surface area contributed by atoms with Crippen LogP contribution in [0.5, 0.6) is 0 Å². The van der Waals surface area contributed by atoms with E-state index in [1.807, 2.05) is 6.07 Å². The first-order chi connectivity index (χ1) is 16.0. The highest BCUT2D eigenvalue weighted by molar-refractivity contribution is 6.14. The number of hydrogen-bond donors (Lipinski definition) is 2. The van der Waals surface area contributed by atoms with Crippen LogP contribution in [0.4, 0.5) is 13.2 Å². The van der Waals surface area contributed by atoms with Crippen LogP contribution in [0.25, 0.3) is 32.9 Å². The zero-order valence-electron chi connectivity index (χ0n) is 17.7. The van der Waals surface area contributed by atoms with E-state index in [1.165, 1.54) is 30.3 Å². The third-order valence-corrected chi connectivity index (χ3v) is 5.96. The molecule has 0 spiro atoms. The van der Waals surface area contributed by atoms with Crippen molar-refractivity contribution in [2.75, 3.05) is 0 Å². The lowest BCUT2D eigenvalue weighted by Crippen LogP contribution is -1.99. The fourth-order valence-electron chi connectivity index (χ4n) is 4.25. The van der Waals surface area contributed by atoms with E-state index in [2.05, 4.69) is 9.97 Å². The lowest BCUT2D eigenvalue weighted by molar-refractivity contribution is 0.164. The van der Waals surface area contributed by atoms with Crippen molar-refractivity contribution >= 4 is 21.8 Å². The second-order valence-electron chi connectivity index (χ2n) is 8.16. The second-order valence-corrected chi connectivity index (χ2v) is 8.16. The minimum absolute atomic E-state index is 0.327. The van der Waals surface area contributed by atoms with Crippen molar-refractivity contribution in [2.24, 2.45) is 0 Å². The molecule has 0 fully saturated rings. The monoisotopic (exact) mass is 446 g/mol. The van der Waals surface area contributed by atoms with E-state index in [0.29, 0.717) is 35.7 Å². The Morgan fingerprint density at radius 3 is 2.30 bits per heavy atom. The second kappa shape index (κ2) is 8.71. The van der Waals surface area contributed by atoms with Gasteiger partial charge in [0.05, 0.1) is 11.6 Å². The summed E-state index contributed by atoms with van der Waals surface area (Å²) >= 11 is 0. The van der Waals surface area contributed by atoms with Crippen molar-refractivity contribution in [2.45, 2.75) is 25.4 Å². The normalized spacial score (nSPS) is 12.5. The molecule has 0 saturated heterocycles. The van der Waals surface area contributed by atoms with Crippen LogP contribution in [0, 0.1) is 17.5 Å². The number of fused-ring (bicyclic) bond motifs is 3. The van der Waals surface area contributed by atoms with Crippen LogP contribution in [0.15, 0.2) is 72.9 Å². The molecular weight excluding hydrogens is 425 g/mol. The summed E-state index contributed by atoms with van der Waals surface area (Å²) in [6.07, 6.45) is 2.90. The maximum atomic E-state index is 14.6. The summed E-state index contributed by atoms with van der Waals surface area (Å²) < 4.78 is 41.0. The highest BCUT2D eigenvalue weighted by Gasteiger charge is 2.15. The van der Waals surface area contributed by atoms with Crippen LogP contribution in [-0.4, -0.2) is 15.1 Å². The number of aromatic amines is 1. The number of pyridine rings is 1. The number of hydrogen-bond acceptors (Lipinski definition) is 2. The maximum absolute atomic E-state index is 14.6. The summed E-state index contributed by atoms with van der Waals surface area (Å²) in [6.45, 7) is 0. The van der Waals surface area contributed by atoms with Gasteiger partial charge in [0.2, 0.25) is 0 Å². The summed E-state index contributed by atoms with van der Waals surface area (Å²) in [4.78, 5) is 7.72. The third-order valence-electron chi connectivity index (χ3n) is 5.96. The molecular formula is C27H21F3N2O. The summed E-state index contributed by atoms with van der Waals surface area (Å²) in [5.74, 6) is -1.02. The van der Waals surface area contributed by atoms with E-state index >= 15 is 0 Å². The minimum atomic E-state index is -0.672. The number of rotatable bonds is 6. The van der Waals surface area contributed by atoms with E-state index in [0.717, 1.165) is 27.7 Å². The van der Waals surface area contributed by atoms with Gasteiger partial charge in [0, 0.05) is 28.2 Å². The molecule has 0 amide bonds. The van der Waals surface area contributed by atoms with Crippen molar-refractivity contribution in [3.8, 4) is 11.1 Å². The SMILES string of the molecule is OC(CCCc1cc2[nH]c3c(F)ccc(-c4ccc(F)cc4)c3c2cn1)c1ccc(F)cc1. The van der Waals surface area contributed by atoms with Gasteiger partial charge in [-0.1, -0.05) is 30.3 Å².